The molecule has 3 aromatic rings. The van der Waals surface area contributed by atoms with Crippen LogP contribution in [0.4, 0.5) is 15.9 Å². The molecule has 2 N–H and O–H groups in total. The molecular weight excluding hydrogens is 344 g/mol. The number of anilines is 2. The third kappa shape index (κ3) is 2.83. The first-order valence-electron chi connectivity index (χ1n) is 6.43. The SMILES string of the molecule is COc1cc2ncnc(Nc3ccc(F)c(Cl)c3Cl)c2cc1O. The van der Waals surface area contributed by atoms with Crippen LogP contribution in [0.2, 0.25) is 10.0 Å². The van der Waals surface area contributed by atoms with Gasteiger partial charge in [0.2, 0.25) is 0 Å². The normalized spacial score (nSPS) is 10.8. The molecular formula is C15H10Cl2FN3O2. The molecule has 0 aliphatic rings. The number of benzene rings is 2. The number of phenolic OH excluding ortho intramolecular Hbond substituents is 1. The van der Waals surface area contributed by atoms with Gasteiger partial charge in [-0.1, -0.05) is 23.2 Å². The number of fused-ring (bicyclic) bond motifs is 1. The molecule has 23 heavy (non-hydrogen) atoms. The Hall–Kier alpha value is -2.31. The Kier molecular flexibility index (Phi) is 4.11. The van der Waals surface area contributed by atoms with E-state index >= 15 is 0 Å². The predicted molar refractivity (Wildman–Crippen MR) is 87.5 cm³/mol. The number of aromatic nitrogens is 2. The highest BCUT2D eigenvalue weighted by Crippen LogP contribution is 2.37. The lowest BCUT2D eigenvalue weighted by Gasteiger charge is -2.12. The Morgan fingerprint density at radius 1 is 1.17 bits per heavy atom. The van der Waals surface area contributed by atoms with E-state index in [2.05, 4.69) is 15.3 Å². The number of phenols is 1. The van der Waals surface area contributed by atoms with Gasteiger partial charge in [-0.15, -0.1) is 0 Å². The van der Waals surface area contributed by atoms with Crippen molar-refractivity contribution in [2.75, 3.05) is 12.4 Å². The molecule has 0 saturated heterocycles. The summed E-state index contributed by atoms with van der Waals surface area (Å²) < 4.78 is 18.4. The van der Waals surface area contributed by atoms with Crippen molar-refractivity contribution in [2.45, 2.75) is 0 Å². The van der Waals surface area contributed by atoms with E-state index < -0.39 is 5.82 Å². The molecule has 5 nitrogen and oxygen atoms in total. The summed E-state index contributed by atoms with van der Waals surface area (Å²) in [6.45, 7) is 0. The molecule has 0 radical (unpaired) electrons. The van der Waals surface area contributed by atoms with Crippen molar-refractivity contribution >= 4 is 45.6 Å². The van der Waals surface area contributed by atoms with E-state index in [-0.39, 0.29) is 15.8 Å². The number of halogens is 3. The number of nitrogens with one attached hydrogen (secondary N) is 1. The highest BCUT2D eigenvalue weighted by Gasteiger charge is 2.13. The molecule has 0 aliphatic carbocycles. The predicted octanol–water partition coefficient (Wildman–Crippen LogP) is 4.53. The number of rotatable bonds is 3. The molecule has 0 saturated carbocycles. The van der Waals surface area contributed by atoms with E-state index in [9.17, 15) is 9.50 Å². The zero-order valence-corrected chi connectivity index (χ0v) is 13.3. The number of nitrogens with zero attached hydrogens (tertiary/aromatic N) is 2. The number of ether oxygens (including phenoxy) is 1. The van der Waals surface area contributed by atoms with Crippen molar-refractivity contribution in [3.05, 3.63) is 46.5 Å². The van der Waals surface area contributed by atoms with Crippen LogP contribution in [0.1, 0.15) is 0 Å². The first kappa shape index (κ1) is 15.6. The van der Waals surface area contributed by atoms with Gasteiger partial charge in [-0.05, 0) is 18.2 Å². The fraction of sp³-hybridized carbons (Fsp3) is 0.0667. The molecule has 0 unspecified atom stereocenters. The Balaban J connectivity index is 2.11. The summed E-state index contributed by atoms with van der Waals surface area (Å²) in [6, 6.07) is 5.69. The van der Waals surface area contributed by atoms with Crippen molar-refractivity contribution in [1.29, 1.82) is 0 Å². The second-order valence-corrected chi connectivity index (χ2v) is 5.37. The van der Waals surface area contributed by atoms with Crippen molar-refractivity contribution in [2.24, 2.45) is 0 Å². The van der Waals surface area contributed by atoms with Crippen LogP contribution < -0.4 is 10.1 Å². The topological polar surface area (TPSA) is 67.3 Å². The Morgan fingerprint density at radius 2 is 1.96 bits per heavy atom. The van der Waals surface area contributed by atoms with Crippen LogP contribution in [0, 0.1) is 5.82 Å². The first-order chi connectivity index (χ1) is 11.0. The van der Waals surface area contributed by atoms with E-state index in [1.54, 1.807) is 6.07 Å². The Bertz CT molecular complexity index is 906. The van der Waals surface area contributed by atoms with Crippen LogP contribution in [-0.2, 0) is 0 Å². The van der Waals surface area contributed by atoms with Crippen LogP contribution in [0.5, 0.6) is 11.5 Å². The zero-order chi connectivity index (χ0) is 16.6. The molecule has 0 amide bonds. The van der Waals surface area contributed by atoms with E-state index in [1.807, 2.05) is 0 Å². The van der Waals surface area contributed by atoms with Gasteiger partial charge in [0.25, 0.3) is 0 Å². The summed E-state index contributed by atoms with van der Waals surface area (Å²) >= 11 is 11.8. The van der Waals surface area contributed by atoms with Gasteiger partial charge in [-0.3, -0.25) is 0 Å². The Labute approximate surface area is 140 Å². The van der Waals surface area contributed by atoms with Gasteiger partial charge < -0.3 is 15.2 Å². The zero-order valence-electron chi connectivity index (χ0n) is 11.8. The largest absolute Gasteiger partial charge is 0.504 e. The van der Waals surface area contributed by atoms with E-state index in [0.717, 1.165) is 0 Å². The Morgan fingerprint density at radius 3 is 2.70 bits per heavy atom. The van der Waals surface area contributed by atoms with Gasteiger partial charge in [0, 0.05) is 11.5 Å². The van der Waals surface area contributed by atoms with Crippen LogP contribution in [0.3, 0.4) is 0 Å². The third-order valence-electron chi connectivity index (χ3n) is 3.22. The first-order valence-corrected chi connectivity index (χ1v) is 7.19. The van der Waals surface area contributed by atoms with Gasteiger partial charge in [0.05, 0.1) is 28.4 Å². The van der Waals surface area contributed by atoms with E-state index in [0.29, 0.717) is 28.2 Å². The van der Waals surface area contributed by atoms with Crippen LogP contribution in [-0.4, -0.2) is 22.2 Å². The highest BCUT2D eigenvalue weighted by molar-refractivity contribution is 6.43. The summed E-state index contributed by atoms with van der Waals surface area (Å²) in [5.41, 5.74) is 0.940. The standard InChI is InChI=1S/C15H10Cl2FN3O2/c1-23-12-5-10-7(4-11(12)22)15(20-6-19-10)21-9-3-2-8(18)13(16)14(9)17/h2-6,22H,1H3,(H,19,20,21). The van der Waals surface area contributed by atoms with Crippen molar-refractivity contribution in [3.8, 4) is 11.5 Å². The average molecular weight is 354 g/mol. The molecule has 0 spiro atoms. The maximum Gasteiger partial charge on any atom is 0.162 e. The fourth-order valence-corrected chi connectivity index (χ4v) is 2.45. The summed E-state index contributed by atoms with van der Waals surface area (Å²) in [7, 11) is 1.45. The van der Waals surface area contributed by atoms with Gasteiger partial charge in [0.15, 0.2) is 11.5 Å². The van der Waals surface area contributed by atoms with Crippen LogP contribution in [0.25, 0.3) is 10.9 Å². The lowest BCUT2D eigenvalue weighted by atomic mass is 10.2. The van der Waals surface area contributed by atoms with E-state index in [4.69, 9.17) is 27.9 Å². The summed E-state index contributed by atoms with van der Waals surface area (Å²) in [6.07, 6.45) is 1.35. The molecule has 0 fully saturated rings. The molecule has 0 aliphatic heterocycles. The fourth-order valence-electron chi connectivity index (χ4n) is 2.09. The van der Waals surface area contributed by atoms with Crippen molar-refractivity contribution in [3.63, 3.8) is 0 Å². The molecule has 1 aromatic heterocycles. The monoisotopic (exact) mass is 353 g/mol. The van der Waals surface area contributed by atoms with Gasteiger partial charge in [-0.25, -0.2) is 14.4 Å². The molecule has 0 atom stereocenters. The minimum absolute atomic E-state index is 0.0381. The number of hydrogen-bond acceptors (Lipinski definition) is 5. The summed E-state index contributed by atoms with van der Waals surface area (Å²) in [5.74, 6) is 0.0146. The quantitative estimate of drug-likeness (QED) is 0.677. The average Bonchev–Trinajstić information content (AvgIpc) is 2.55. The second kappa shape index (κ2) is 6.06. The van der Waals surface area contributed by atoms with Gasteiger partial charge in [-0.2, -0.15) is 0 Å². The minimum atomic E-state index is -0.614. The van der Waals surface area contributed by atoms with Gasteiger partial charge >= 0.3 is 0 Å². The van der Waals surface area contributed by atoms with Crippen LogP contribution >= 0.6 is 23.2 Å². The van der Waals surface area contributed by atoms with Crippen molar-refractivity contribution < 1.29 is 14.2 Å². The van der Waals surface area contributed by atoms with Crippen molar-refractivity contribution in [1.82, 2.24) is 9.97 Å². The maximum absolute atomic E-state index is 13.4. The molecule has 1 heterocycles. The third-order valence-corrected chi connectivity index (χ3v) is 4.08. The molecule has 2 aromatic carbocycles. The van der Waals surface area contributed by atoms with E-state index in [1.165, 1.54) is 31.6 Å². The molecule has 118 valence electrons. The highest BCUT2D eigenvalue weighted by atomic mass is 35.5. The summed E-state index contributed by atoms with van der Waals surface area (Å²) in [4.78, 5) is 8.25. The molecule has 0 bridgehead atoms. The number of methoxy groups -OCH3 is 1. The lowest BCUT2D eigenvalue weighted by Crippen LogP contribution is -1.98. The van der Waals surface area contributed by atoms with Gasteiger partial charge in [0.1, 0.15) is 18.0 Å². The smallest absolute Gasteiger partial charge is 0.162 e. The molecule has 3 rings (SSSR count). The second-order valence-electron chi connectivity index (χ2n) is 4.61. The molecule has 8 heteroatoms. The minimum Gasteiger partial charge on any atom is -0.504 e. The lowest BCUT2D eigenvalue weighted by molar-refractivity contribution is 0.374. The summed E-state index contributed by atoms with van der Waals surface area (Å²) in [5, 5.41) is 13.3. The number of hydrogen-bond donors (Lipinski definition) is 2. The maximum atomic E-state index is 13.4. The van der Waals surface area contributed by atoms with Crippen LogP contribution in [0.15, 0.2) is 30.6 Å². The number of aromatic hydroxyl groups is 1.